The number of nitrogens with one attached hydrogen (secondary N) is 1. The standard InChI is InChI=1S/C11H22N2O.2ClH/c14-9-11-4-2-6-13(11)8-10-3-1-5-12-7-10;;/h10-12,14H,1-9H2;2*1H/t10?,11-;;/m0../s1. The number of rotatable bonds is 3. The molecule has 2 aliphatic heterocycles. The molecule has 0 aromatic heterocycles. The Kier molecular flexibility index (Phi) is 8.78. The van der Waals surface area contributed by atoms with E-state index >= 15 is 0 Å². The van der Waals surface area contributed by atoms with Crippen LogP contribution in [-0.4, -0.2) is 48.8 Å². The Balaban J connectivity index is 0.00000112. The van der Waals surface area contributed by atoms with Crippen molar-refractivity contribution in [2.75, 3.05) is 32.8 Å². The van der Waals surface area contributed by atoms with Crippen molar-refractivity contribution in [2.45, 2.75) is 31.7 Å². The van der Waals surface area contributed by atoms with Crippen LogP contribution in [0.2, 0.25) is 0 Å². The van der Waals surface area contributed by atoms with E-state index in [1.165, 1.54) is 51.9 Å². The van der Waals surface area contributed by atoms with Crippen molar-refractivity contribution >= 4 is 24.8 Å². The van der Waals surface area contributed by atoms with Gasteiger partial charge in [-0.2, -0.15) is 0 Å². The van der Waals surface area contributed by atoms with Crippen LogP contribution in [-0.2, 0) is 0 Å². The second kappa shape index (κ2) is 8.54. The predicted molar refractivity (Wildman–Crippen MR) is 71.8 cm³/mol. The van der Waals surface area contributed by atoms with Gasteiger partial charge in [-0.3, -0.25) is 4.90 Å². The monoisotopic (exact) mass is 270 g/mol. The molecule has 5 heteroatoms. The van der Waals surface area contributed by atoms with Gasteiger partial charge in [0.05, 0.1) is 6.61 Å². The van der Waals surface area contributed by atoms with Gasteiger partial charge in [-0.1, -0.05) is 0 Å². The lowest BCUT2D eigenvalue weighted by molar-refractivity contribution is 0.135. The Morgan fingerprint density at radius 2 is 2.00 bits per heavy atom. The highest BCUT2D eigenvalue weighted by molar-refractivity contribution is 5.85. The van der Waals surface area contributed by atoms with E-state index in [0.717, 1.165) is 5.92 Å². The van der Waals surface area contributed by atoms with Gasteiger partial charge in [0, 0.05) is 12.6 Å². The van der Waals surface area contributed by atoms with Crippen molar-refractivity contribution in [2.24, 2.45) is 5.92 Å². The van der Waals surface area contributed by atoms with E-state index in [0.29, 0.717) is 12.6 Å². The summed E-state index contributed by atoms with van der Waals surface area (Å²) in [6.07, 6.45) is 5.14. The quantitative estimate of drug-likeness (QED) is 0.812. The molecule has 3 nitrogen and oxygen atoms in total. The van der Waals surface area contributed by atoms with Crippen LogP contribution in [0.5, 0.6) is 0 Å². The summed E-state index contributed by atoms with van der Waals surface area (Å²) in [5, 5.41) is 12.7. The topological polar surface area (TPSA) is 35.5 Å². The fraction of sp³-hybridized carbons (Fsp3) is 1.00. The van der Waals surface area contributed by atoms with E-state index < -0.39 is 0 Å². The fourth-order valence-electron chi connectivity index (χ4n) is 2.75. The molecule has 2 fully saturated rings. The summed E-state index contributed by atoms with van der Waals surface area (Å²) in [5.41, 5.74) is 0. The Hall–Kier alpha value is 0.460. The highest BCUT2D eigenvalue weighted by Gasteiger charge is 2.26. The second-order valence-electron chi connectivity index (χ2n) is 4.69. The van der Waals surface area contributed by atoms with E-state index in [9.17, 15) is 5.11 Å². The molecule has 0 aromatic carbocycles. The second-order valence-corrected chi connectivity index (χ2v) is 4.69. The molecule has 1 unspecified atom stereocenters. The highest BCUT2D eigenvalue weighted by Crippen LogP contribution is 2.20. The van der Waals surface area contributed by atoms with E-state index in [4.69, 9.17) is 0 Å². The molecule has 0 saturated carbocycles. The Morgan fingerprint density at radius 3 is 2.62 bits per heavy atom. The minimum Gasteiger partial charge on any atom is -0.395 e. The zero-order chi connectivity index (χ0) is 9.80. The molecule has 0 amide bonds. The van der Waals surface area contributed by atoms with Crippen molar-refractivity contribution in [1.29, 1.82) is 0 Å². The number of piperidine rings is 1. The summed E-state index contributed by atoms with van der Waals surface area (Å²) < 4.78 is 0. The van der Waals surface area contributed by atoms with E-state index in [-0.39, 0.29) is 24.8 Å². The van der Waals surface area contributed by atoms with Crippen LogP contribution < -0.4 is 5.32 Å². The molecule has 2 aliphatic rings. The molecule has 0 spiro atoms. The average Bonchev–Trinajstić information content (AvgIpc) is 2.67. The van der Waals surface area contributed by atoms with Crippen molar-refractivity contribution in [3.63, 3.8) is 0 Å². The van der Waals surface area contributed by atoms with Gasteiger partial charge in [0.1, 0.15) is 0 Å². The largest absolute Gasteiger partial charge is 0.395 e. The minimum atomic E-state index is 0. The van der Waals surface area contributed by atoms with Crippen LogP contribution in [0.25, 0.3) is 0 Å². The molecule has 0 aromatic rings. The van der Waals surface area contributed by atoms with Crippen LogP contribution in [0, 0.1) is 5.92 Å². The Labute approximate surface area is 111 Å². The third-order valence-corrected chi connectivity index (χ3v) is 3.60. The summed E-state index contributed by atoms with van der Waals surface area (Å²) in [7, 11) is 0. The first-order valence-electron chi connectivity index (χ1n) is 5.96. The van der Waals surface area contributed by atoms with Crippen molar-refractivity contribution in [1.82, 2.24) is 10.2 Å². The van der Waals surface area contributed by atoms with Crippen LogP contribution in [0.3, 0.4) is 0 Å². The molecule has 16 heavy (non-hydrogen) atoms. The first kappa shape index (κ1) is 16.5. The Bertz CT molecular complexity index is 177. The normalized spacial score (nSPS) is 30.6. The zero-order valence-electron chi connectivity index (χ0n) is 9.73. The van der Waals surface area contributed by atoms with Gasteiger partial charge in [-0.25, -0.2) is 0 Å². The lowest BCUT2D eigenvalue weighted by Gasteiger charge is -2.30. The molecule has 0 bridgehead atoms. The summed E-state index contributed by atoms with van der Waals surface area (Å²) in [4.78, 5) is 2.48. The number of halogens is 2. The van der Waals surface area contributed by atoms with Gasteiger partial charge in [-0.05, 0) is 51.2 Å². The third-order valence-electron chi connectivity index (χ3n) is 3.60. The van der Waals surface area contributed by atoms with Gasteiger partial charge in [0.2, 0.25) is 0 Å². The van der Waals surface area contributed by atoms with Crippen LogP contribution in [0.4, 0.5) is 0 Å². The number of nitrogens with zero attached hydrogens (tertiary/aromatic N) is 1. The summed E-state index contributed by atoms with van der Waals surface area (Å²) in [6.45, 7) is 5.11. The molecule has 2 rings (SSSR count). The minimum absolute atomic E-state index is 0. The lowest BCUT2D eigenvalue weighted by Crippen LogP contribution is -2.41. The van der Waals surface area contributed by atoms with Gasteiger partial charge in [0.15, 0.2) is 0 Å². The molecular weight excluding hydrogens is 247 g/mol. The number of aliphatic hydroxyl groups excluding tert-OH is 1. The molecule has 2 heterocycles. The van der Waals surface area contributed by atoms with Crippen LogP contribution in [0.1, 0.15) is 25.7 Å². The van der Waals surface area contributed by atoms with Gasteiger partial charge in [0.25, 0.3) is 0 Å². The van der Waals surface area contributed by atoms with E-state index in [1.54, 1.807) is 0 Å². The summed E-state index contributed by atoms with van der Waals surface area (Å²) >= 11 is 0. The molecule has 0 aliphatic carbocycles. The van der Waals surface area contributed by atoms with Crippen molar-refractivity contribution in [3.05, 3.63) is 0 Å². The van der Waals surface area contributed by atoms with E-state index in [1.807, 2.05) is 0 Å². The zero-order valence-corrected chi connectivity index (χ0v) is 11.4. The molecule has 2 saturated heterocycles. The van der Waals surface area contributed by atoms with Crippen LogP contribution in [0.15, 0.2) is 0 Å². The molecule has 2 atom stereocenters. The predicted octanol–water partition coefficient (Wildman–Crippen LogP) is 1.29. The first-order chi connectivity index (χ1) is 6.90. The Morgan fingerprint density at radius 1 is 1.19 bits per heavy atom. The van der Waals surface area contributed by atoms with Gasteiger partial charge in [-0.15, -0.1) is 24.8 Å². The lowest BCUT2D eigenvalue weighted by atomic mass is 9.99. The third kappa shape index (κ3) is 4.38. The maximum Gasteiger partial charge on any atom is 0.0586 e. The number of aliphatic hydroxyl groups is 1. The molecular formula is C11H24Cl2N2O. The van der Waals surface area contributed by atoms with Gasteiger partial charge < -0.3 is 10.4 Å². The maximum atomic E-state index is 9.21. The van der Waals surface area contributed by atoms with Crippen molar-refractivity contribution in [3.8, 4) is 0 Å². The molecule has 0 radical (unpaired) electrons. The summed E-state index contributed by atoms with van der Waals surface area (Å²) in [5.74, 6) is 0.816. The van der Waals surface area contributed by atoms with Crippen molar-refractivity contribution < 1.29 is 5.11 Å². The smallest absolute Gasteiger partial charge is 0.0586 e. The first-order valence-corrected chi connectivity index (χ1v) is 5.96. The number of hydrogen-bond donors (Lipinski definition) is 2. The van der Waals surface area contributed by atoms with Gasteiger partial charge >= 0.3 is 0 Å². The fourth-order valence-corrected chi connectivity index (χ4v) is 2.75. The maximum absolute atomic E-state index is 9.21. The van der Waals surface area contributed by atoms with Crippen LogP contribution >= 0.6 is 24.8 Å². The molecule has 2 N–H and O–H groups in total. The molecule has 98 valence electrons. The summed E-state index contributed by atoms with van der Waals surface area (Å²) in [6, 6.07) is 0.455. The average molecular weight is 271 g/mol. The SMILES string of the molecule is Cl.Cl.OC[C@@H]1CCCN1CC1CCCNC1. The highest BCUT2D eigenvalue weighted by atomic mass is 35.5. The van der Waals surface area contributed by atoms with E-state index in [2.05, 4.69) is 10.2 Å². The number of hydrogen-bond acceptors (Lipinski definition) is 3. The number of likely N-dealkylation sites (tertiary alicyclic amines) is 1.